The largest absolute Gasteiger partial charge is 0.460 e. The predicted octanol–water partition coefficient (Wildman–Crippen LogP) is 10.4. The molecule has 1 fully saturated rings. The van der Waals surface area contributed by atoms with E-state index in [1.807, 2.05) is 6.08 Å². The van der Waals surface area contributed by atoms with Gasteiger partial charge in [0, 0.05) is 12.8 Å². The van der Waals surface area contributed by atoms with Crippen molar-refractivity contribution < 1.29 is 19.4 Å². The molecule has 1 heterocycles. The van der Waals surface area contributed by atoms with E-state index < -0.39 is 6.10 Å². The lowest BCUT2D eigenvalue weighted by atomic mass is 10.00. The third-order valence-electron chi connectivity index (χ3n) is 8.42. The molecule has 0 radical (unpaired) electrons. The molecule has 0 aromatic rings. The Morgan fingerprint density at radius 3 is 1.90 bits per heavy atom. The summed E-state index contributed by atoms with van der Waals surface area (Å²) in [4.78, 5) is 12.7. The van der Waals surface area contributed by atoms with E-state index in [1.54, 1.807) is 0 Å². The first-order valence-electron chi connectivity index (χ1n) is 17.3. The zero-order valence-electron chi connectivity index (χ0n) is 26.2. The summed E-state index contributed by atoms with van der Waals surface area (Å²) in [5, 5.41) is 10.6. The maximum atomic E-state index is 12.7. The quantitative estimate of drug-likeness (QED) is 0.0598. The van der Waals surface area contributed by atoms with Crippen LogP contribution in [0.5, 0.6) is 0 Å². The Bertz CT molecular complexity index is 563. The van der Waals surface area contributed by atoms with Crippen LogP contribution in [0.25, 0.3) is 0 Å². The van der Waals surface area contributed by atoms with Gasteiger partial charge in [-0.3, -0.25) is 4.79 Å². The molecule has 0 amide bonds. The summed E-state index contributed by atoms with van der Waals surface area (Å²) < 4.78 is 12.3. The second-order valence-electron chi connectivity index (χ2n) is 12.2. The van der Waals surface area contributed by atoms with Crippen LogP contribution in [-0.2, 0) is 14.3 Å². The fourth-order valence-electron chi connectivity index (χ4n) is 5.86. The van der Waals surface area contributed by atoms with Crippen LogP contribution in [0, 0.1) is 0 Å². The highest BCUT2D eigenvalue weighted by Crippen LogP contribution is 2.30. The number of aliphatic hydroxyl groups is 1. The topological polar surface area (TPSA) is 55.8 Å². The lowest BCUT2D eigenvalue weighted by Crippen LogP contribution is -2.32. The van der Waals surface area contributed by atoms with Crippen LogP contribution < -0.4 is 0 Å². The van der Waals surface area contributed by atoms with Gasteiger partial charge in [0.2, 0.25) is 0 Å². The van der Waals surface area contributed by atoms with Gasteiger partial charge in [-0.05, 0) is 38.5 Å². The number of carbonyl (C=O) groups is 1. The van der Waals surface area contributed by atoms with Crippen LogP contribution >= 0.6 is 0 Å². The number of esters is 1. The molecule has 4 nitrogen and oxygen atoms in total. The minimum absolute atomic E-state index is 0.0819. The van der Waals surface area contributed by atoms with Crippen molar-refractivity contribution >= 4 is 5.97 Å². The fraction of sp³-hybridized carbons (Fsp3) is 0.914. The molecule has 0 aromatic carbocycles. The van der Waals surface area contributed by atoms with Crippen molar-refractivity contribution in [3.63, 3.8) is 0 Å². The number of rotatable bonds is 28. The van der Waals surface area contributed by atoms with Crippen molar-refractivity contribution in [3.05, 3.63) is 12.7 Å². The van der Waals surface area contributed by atoms with Gasteiger partial charge < -0.3 is 14.6 Å². The van der Waals surface area contributed by atoms with Crippen LogP contribution in [0.2, 0.25) is 0 Å². The molecule has 0 saturated carbocycles. The molecule has 1 rings (SSSR count). The predicted molar refractivity (Wildman–Crippen MR) is 166 cm³/mol. The molecule has 1 aliphatic heterocycles. The Morgan fingerprint density at radius 1 is 0.795 bits per heavy atom. The van der Waals surface area contributed by atoms with Crippen molar-refractivity contribution in [1.82, 2.24) is 0 Å². The smallest absolute Gasteiger partial charge is 0.306 e. The molecule has 1 N–H and O–H groups in total. The third kappa shape index (κ3) is 19.8. The fourth-order valence-corrected chi connectivity index (χ4v) is 5.86. The summed E-state index contributed by atoms with van der Waals surface area (Å²) in [7, 11) is 0. The number of allylic oxidation sites excluding steroid dienone is 1. The molecule has 0 unspecified atom stereocenters. The lowest BCUT2D eigenvalue weighted by Gasteiger charge is -2.24. The monoisotopic (exact) mass is 550 g/mol. The van der Waals surface area contributed by atoms with Crippen molar-refractivity contribution in [3.8, 4) is 0 Å². The van der Waals surface area contributed by atoms with Gasteiger partial charge in [-0.1, -0.05) is 135 Å². The van der Waals surface area contributed by atoms with Crippen molar-refractivity contribution in [2.45, 2.75) is 205 Å². The number of unbranched alkanes of at least 4 members (excludes halogenated alkanes) is 19. The van der Waals surface area contributed by atoms with Gasteiger partial charge in [0.05, 0.1) is 18.3 Å². The van der Waals surface area contributed by atoms with Crippen molar-refractivity contribution in [1.29, 1.82) is 0 Å². The first-order valence-corrected chi connectivity index (χ1v) is 17.3. The summed E-state index contributed by atoms with van der Waals surface area (Å²) in [6.45, 7) is 8.27. The molecule has 0 aromatic heterocycles. The van der Waals surface area contributed by atoms with Crippen molar-refractivity contribution in [2.75, 3.05) is 0 Å². The number of ether oxygens (including phenoxy) is 2. The van der Waals surface area contributed by atoms with E-state index in [4.69, 9.17) is 9.47 Å². The first-order chi connectivity index (χ1) is 19.1. The second-order valence-corrected chi connectivity index (χ2v) is 12.2. The van der Waals surface area contributed by atoms with Crippen LogP contribution in [-0.4, -0.2) is 35.5 Å². The Balaban J connectivity index is 2.27. The highest BCUT2D eigenvalue weighted by molar-refractivity contribution is 5.69. The third-order valence-corrected chi connectivity index (χ3v) is 8.42. The van der Waals surface area contributed by atoms with E-state index in [0.717, 1.165) is 51.4 Å². The molecule has 1 saturated heterocycles. The Hall–Kier alpha value is -0.870. The standard InChI is InChI=1S/C35H66O4/c1-4-7-10-12-14-15-16-17-18-19-21-23-26-29-35(37)39-33(28-25-22-20-13-11-8-5-2)34-30-31(36)32(38-34)27-24-9-6-3/h5,31-34,36H,2,4,6-30H2,1,3H3/t31-,32-,33+,34+/m0/s1. The number of hydrogen-bond donors (Lipinski definition) is 1. The average molecular weight is 551 g/mol. The highest BCUT2D eigenvalue weighted by Gasteiger charge is 2.39. The zero-order valence-corrected chi connectivity index (χ0v) is 26.2. The Labute approximate surface area is 243 Å². The molecule has 39 heavy (non-hydrogen) atoms. The van der Waals surface area contributed by atoms with Crippen LogP contribution in [0.15, 0.2) is 12.7 Å². The van der Waals surface area contributed by atoms with E-state index in [2.05, 4.69) is 20.4 Å². The van der Waals surface area contributed by atoms with Crippen LogP contribution in [0.1, 0.15) is 181 Å². The van der Waals surface area contributed by atoms with Crippen LogP contribution in [0.3, 0.4) is 0 Å². The van der Waals surface area contributed by atoms with E-state index >= 15 is 0 Å². The molecule has 4 heteroatoms. The maximum absolute atomic E-state index is 12.7. The van der Waals surface area contributed by atoms with Crippen LogP contribution in [0.4, 0.5) is 0 Å². The lowest BCUT2D eigenvalue weighted by molar-refractivity contribution is -0.158. The van der Waals surface area contributed by atoms with E-state index in [0.29, 0.717) is 12.8 Å². The molecule has 0 bridgehead atoms. The van der Waals surface area contributed by atoms with Gasteiger partial charge in [-0.15, -0.1) is 6.58 Å². The molecule has 0 aliphatic carbocycles. The zero-order chi connectivity index (χ0) is 28.4. The van der Waals surface area contributed by atoms with Gasteiger partial charge in [-0.2, -0.15) is 0 Å². The summed E-state index contributed by atoms with van der Waals surface area (Å²) in [6, 6.07) is 0. The number of carbonyl (C=O) groups excluding carboxylic acids is 1. The molecule has 0 spiro atoms. The van der Waals surface area contributed by atoms with Gasteiger partial charge in [0.1, 0.15) is 6.10 Å². The molecular weight excluding hydrogens is 484 g/mol. The second kappa shape index (κ2) is 26.1. The minimum Gasteiger partial charge on any atom is -0.460 e. The van der Waals surface area contributed by atoms with Gasteiger partial charge in [0.15, 0.2) is 0 Å². The summed E-state index contributed by atoms with van der Waals surface area (Å²) in [5.41, 5.74) is 0. The minimum atomic E-state index is -0.437. The molecule has 4 atom stereocenters. The Morgan fingerprint density at radius 2 is 1.31 bits per heavy atom. The van der Waals surface area contributed by atoms with E-state index in [1.165, 1.54) is 103 Å². The summed E-state index contributed by atoms with van der Waals surface area (Å²) >= 11 is 0. The van der Waals surface area contributed by atoms with Crippen molar-refractivity contribution in [2.24, 2.45) is 0 Å². The summed E-state index contributed by atoms with van der Waals surface area (Å²) in [5.74, 6) is -0.0819. The molecular formula is C35H66O4. The van der Waals surface area contributed by atoms with E-state index in [-0.39, 0.29) is 24.3 Å². The maximum Gasteiger partial charge on any atom is 0.306 e. The van der Waals surface area contributed by atoms with Gasteiger partial charge in [0.25, 0.3) is 0 Å². The van der Waals surface area contributed by atoms with Gasteiger partial charge in [-0.25, -0.2) is 0 Å². The average Bonchev–Trinajstić information content (AvgIpc) is 3.30. The highest BCUT2D eigenvalue weighted by atomic mass is 16.6. The Kier molecular flexibility index (Phi) is 24.2. The number of aliphatic hydroxyl groups excluding tert-OH is 1. The normalized spacial score (nSPS) is 19.8. The molecule has 230 valence electrons. The van der Waals surface area contributed by atoms with E-state index in [9.17, 15) is 9.90 Å². The molecule has 1 aliphatic rings. The summed E-state index contributed by atoms with van der Waals surface area (Å²) in [6.07, 6.45) is 31.2. The number of hydrogen-bond acceptors (Lipinski definition) is 4. The SMILES string of the molecule is C=CCCCCCCC[C@@H](OC(=O)CCCCCCCCCCCCCCC)[C@H]1C[C@H](O)[C@H](CCCCC)O1. The van der Waals surface area contributed by atoms with Gasteiger partial charge >= 0.3 is 5.97 Å². The first kappa shape index (κ1) is 36.2.